The minimum absolute atomic E-state index is 0.0416. The monoisotopic (exact) mass is 401 g/mol. The second-order valence-corrected chi connectivity index (χ2v) is 7.16. The third-order valence-corrected chi connectivity index (χ3v) is 4.67. The zero-order valence-corrected chi connectivity index (χ0v) is 16.6. The normalized spacial score (nSPS) is 23.1. The summed E-state index contributed by atoms with van der Waals surface area (Å²) >= 11 is 0. The number of hydrogen-bond acceptors (Lipinski definition) is 6. The predicted molar refractivity (Wildman–Crippen MR) is 101 cm³/mol. The zero-order chi connectivity index (χ0) is 21.6. The lowest BCUT2D eigenvalue weighted by Crippen LogP contribution is -2.46. The molecule has 1 atom stereocenters. The molecular weight excluding hydrogens is 370 g/mol. The maximum Gasteiger partial charge on any atom is 0.334 e. The van der Waals surface area contributed by atoms with Gasteiger partial charge in [0, 0.05) is 32.0 Å². The number of nitrogens with one attached hydrogen (secondary N) is 2. The van der Waals surface area contributed by atoms with Crippen LogP contribution in [0, 0.1) is 0 Å². The molecule has 28 heavy (non-hydrogen) atoms. The van der Waals surface area contributed by atoms with Crippen molar-refractivity contribution in [2.24, 2.45) is 0 Å². The molecule has 9 nitrogen and oxygen atoms in total. The lowest BCUT2D eigenvalue weighted by atomic mass is 10.2. The van der Waals surface area contributed by atoms with E-state index in [0.717, 1.165) is 11.5 Å². The van der Waals surface area contributed by atoms with E-state index in [-0.39, 0.29) is 50.2 Å². The Balaban J connectivity index is 1.63. The van der Waals surface area contributed by atoms with E-state index in [1.54, 1.807) is 0 Å². The number of hydrogen-bond donors (Lipinski definition) is 2. The number of hydroxylamine groups is 2. The topological polar surface area (TPSA) is 108 Å². The van der Waals surface area contributed by atoms with Crippen molar-refractivity contribution in [3.05, 3.63) is 12.3 Å². The van der Waals surface area contributed by atoms with Gasteiger partial charge in [-0.15, -0.1) is 5.06 Å². The quantitative estimate of drug-likeness (QED) is 0.429. The molecule has 9 heteroatoms. The Labute approximate surface area is 166 Å². The highest BCUT2D eigenvalue weighted by Gasteiger charge is 2.32. The molecule has 0 aromatic carbocycles. The van der Waals surface area contributed by atoms with E-state index in [2.05, 4.69) is 17.2 Å². The minimum atomic E-state index is -1.29. The van der Waals surface area contributed by atoms with Crippen molar-refractivity contribution in [2.75, 3.05) is 19.6 Å². The van der Waals surface area contributed by atoms with Gasteiger partial charge < -0.3 is 15.5 Å². The van der Waals surface area contributed by atoms with Gasteiger partial charge >= 0.3 is 5.97 Å². The lowest BCUT2D eigenvalue weighted by Gasteiger charge is -2.27. The summed E-state index contributed by atoms with van der Waals surface area (Å²) in [4.78, 5) is 54.4. The fraction of sp³-hybridized carbons (Fsp3) is 0.684. The van der Waals surface area contributed by atoms with Crippen LogP contribution in [0.5, 0.6) is 0 Å². The summed E-state index contributed by atoms with van der Waals surface area (Å²) < 4.78 is 8.47. The first kappa shape index (κ1) is 20.3. The highest BCUT2D eigenvalue weighted by molar-refractivity contribution is 5.83. The molecule has 2 aliphatic rings. The lowest BCUT2D eigenvalue weighted by molar-refractivity contribution is -0.186. The molecule has 2 heterocycles. The van der Waals surface area contributed by atoms with Crippen LogP contribution in [-0.2, 0) is 24.0 Å². The summed E-state index contributed by atoms with van der Waals surface area (Å²) in [5, 5.41) is 6.13. The number of allylic oxidation sites excluding steroid dienone is 1. The van der Waals surface area contributed by atoms with Crippen molar-refractivity contribution in [1.82, 2.24) is 20.6 Å². The fourth-order valence-corrected chi connectivity index (χ4v) is 3.19. The van der Waals surface area contributed by atoms with Crippen LogP contribution in [-0.4, -0.2) is 65.3 Å². The van der Waals surface area contributed by atoms with Crippen molar-refractivity contribution in [3.63, 3.8) is 0 Å². The van der Waals surface area contributed by atoms with E-state index in [4.69, 9.17) is 6.21 Å². The van der Waals surface area contributed by atoms with E-state index >= 15 is 0 Å². The first-order valence-electron chi connectivity index (χ1n) is 10.2. The second-order valence-electron chi connectivity index (χ2n) is 7.16. The highest BCUT2D eigenvalue weighted by Crippen LogP contribution is 2.21. The van der Waals surface area contributed by atoms with Gasteiger partial charge in [-0.3, -0.25) is 19.3 Å². The van der Waals surface area contributed by atoms with Gasteiger partial charge in [-0.2, -0.15) is 0 Å². The smallest absolute Gasteiger partial charge is 0.334 e. The van der Waals surface area contributed by atoms with Gasteiger partial charge in [0.25, 0.3) is 5.91 Å². The van der Waals surface area contributed by atoms with Crippen molar-refractivity contribution in [1.29, 1.82) is 0 Å². The molecule has 2 rings (SSSR count). The predicted octanol–water partition coefficient (Wildman–Crippen LogP) is 0.466. The molecule has 0 spiro atoms. The largest absolute Gasteiger partial charge is 0.355 e. The molecule has 0 aromatic rings. The SMILES string of the molecule is [2H]C1(C(=O)NC[13CH2][13C](=O)[15NH][13CH2][13CH2][13C](=O)ON2C(=C)CCC2=O)CCCN1C(C)C. The van der Waals surface area contributed by atoms with Crippen molar-refractivity contribution < 1.29 is 25.4 Å². The zero-order valence-electron chi connectivity index (χ0n) is 17.6. The first-order chi connectivity index (χ1) is 13.6. The van der Waals surface area contributed by atoms with Crippen LogP contribution in [0.25, 0.3) is 0 Å². The first-order valence-corrected chi connectivity index (χ1v) is 9.68. The molecule has 0 saturated carbocycles. The second kappa shape index (κ2) is 10.2. The van der Waals surface area contributed by atoms with Crippen LogP contribution >= 0.6 is 0 Å². The molecule has 2 saturated heterocycles. The van der Waals surface area contributed by atoms with Gasteiger partial charge in [-0.05, 0) is 39.7 Å². The molecule has 0 aliphatic carbocycles. The molecule has 2 N–H and O–H groups in total. The number of rotatable bonds is 9. The summed E-state index contributed by atoms with van der Waals surface area (Å²) in [6.45, 7) is 8.44. The molecule has 2 aliphatic heterocycles. The average Bonchev–Trinajstić information content (AvgIpc) is 3.20. The maximum atomic E-state index is 12.4. The van der Waals surface area contributed by atoms with Gasteiger partial charge in [-0.1, -0.05) is 6.58 Å². The van der Waals surface area contributed by atoms with E-state index in [1.807, 2.05) is 18.7 Å². The van der Waals surface area contributed by atoms with E-state index < -0.39 is 17.9 Å². The van der Waals surface area contributed by atoms with Gasteiger partial charge in [0.2, 0.25) is 11.8 Å². The summed E-state index contributed by atoms with van der Waals surface area (Å²) in [7, 11) is 0. The van der Waals surface area contributed by atoms with E-state index in [9.17, 15) is 19.2 Å². The Morgan fingerprint density at radius 1 is 1.25 bits per heavy atom. The van der Waals surface area contributed by atoms with Gasteiger partial charge in [-0.25, -0.2) is 4.79 Å². The van der Waals surface area contributed by atoms with Crippen LogP contribution < -0.4 is 10.6 Å². The Kier molecular flexibility index (Phi) is 7.41. The van der Waals surface area contributed by atoms with Gasteiger partial charge in [0.15, 0.2) is 0 Å². The Morgan fingerprint density at radius 3 is 2.61 bits per heavy atom. The Bertz CT molecular complexity index is 668. The molecule has 1 unspecified atom stereocenters. The third-order valence-electron chi connectivity index (χ3n) is 4.67. The molecule has 3 amide bonds. The number of carbonyl (C=O) groups is 4. The van der Waals surface area contributed by atoms with Crippen LogP contribution in [0.3, 0.4) is 0 Å². The van der Waals surface area contributed by atoms with Crippen LogP contribution in [0.1, 0.15) is 53.7 Å². The number of nitrogens with zero attached hydrogens (tertiary/aromatic N) is 2. The summed E-state index contributed by atoms with van der Waals surface area (Å²) in [5.74, 6) is -1.67. The van der Waals surface area contributed by atoms with Gasteiger partial charge in [0.1, 0.15) is 0 Å². The summed E-state index contributed by atoms with van der Waals surface area (Å²) in [6.07, 6.45) is 1.94. The highest BCUT2D eigenvalue weighted by atomic mass is 16.8. The molecule has 0 bridgehead atoms. The fourth-order valence-electron chi connectivity index (χ4n) is 3.19. The van der Waals surface area contributed by atoms with Crippen molar-refractivity contribution >= 4 is 23.7 Å². The number of likely N-dealkylation sites (tertiary alicyclic amines) is 1. The minimum Gasteiger partial charge on any atom is -0.355 e. The average molecular weight is 401 g/mol. The number of amides is 3. The molecule has 156 valence electrons. The van der Waals surface area contributed by atoms with Crippen LogP contribution in [0.4, 0.5) is 0 Å². The molecule has 2 fully saturated rings. The Morgan fingerprint density at radius 2 is 1.96 bits per heavy atom. The third kappa shape index (κ3) is 6.05. The van der Waals surface area contributed by atoms with E-state index in [0.29, 0.717) is 25.1 Å². The van der Waals surface area contributed by atoms with Crippen LogP contribution in [0.2, 0.25) is 0 Å². The van der Waals surface area contributed by atoms with Crippen molar-refractivity contribution in [3.8, 4) is 0 Å². The van der Waals surface area contributed by atoms with Crippen molar-refractivity contribution in [2.45, 2.75) is 64.4 Å². The van der Waals surface area contributed by atoms with Gasteiger partial charge in [0.05, 0.1) is 19.5 Å². The molecular formula is C19H30N4O5. The standard InChI is InChI=1S/C19H30N4O5/c1-13(2)22-12-4-5-15(22)19(27)21-10-8-16(24)20-11-9-18(26)28-23-14(3)6-7-17(23)25/h13,15H,3-12H2,1-2H3,(H,20,24)(H,21,27)/i8+1,9+1,11+1,15D,16+1,18+1,20+1. The molecule has 0 aromatic heterocycles. The maximum absolute atomic E-state index is 12.4. The Hall–Kier alpha value is -2.42. The summed E-state index contributed by atoms with van der Waals surface area (Å²) in [5.41, 5.74) is 0.439. The van der Waals surface area contributed by atoms with E-state index in [1.165, 1.54) is 0 Å². The molecule has 0 radical (unpaired) electrons. The summed E-state index contributed by atoms with van der Waals surface area (Å²) in [6, 6.07) is -1.19. The van der Waals surface area contributed by atoms with Crippen LogP contribution in [0.15, 0.2) is 12.3 Å². The number of carbonyl (C=O) groups excluding carboxylic acids is 4.